The summed E-state index contributed by atoms with van der Waals surface area (Å²) in [4.78, 5) is 29.2. The molecule has 0 spiro atoms. The number of likely N-dealkylation sites (tertiary alicyclic amines) is 1. The highest BCUT2D eigenvalue weighted by Gasteiger charge is 2.31. The molecule has 1 saturated heterocycles. The number of hydrogen-bond donors (Lipinski definition) is 0. The van der Waals surface area contributed by atoms with Gasteiger partial charge in [-0.15, -0.1) is 0 Å². The molecule has 0 aliphatic carbocycles. The number of halogens is 2. The van der Waals surface area contributed by atoms with Gasteiger partial charge in [-0.05, 0) is 49.7 Å². The molecule has 1 aromatic carbocycles. The zero-order chi connectivity index (χ0) is 21.6. The molecule has 0 saturated carbocycles. The first-order valence-corrected chi connectivity index (χ1v) is 10.7. The Morgan fingerprint density at radius 3 is 2.07 bits per heavy atom. The highest BCUT2D eigenvalue weighted by Crippen LogP contribution is 2.23. The van der Waals surface area contributed by atoms with Crippen LogP contribution >= 0.6 is 0 Å². The second-order valence-corrected chi connectivity index (χ2v) is 8.88. The Kier molecular flexibility index (Phi) is 8.60. The van der Waals surface area contributed by atoms with Crippen LogP contribution in [-0.4, -0.2) is 47.8 Å². The third-order valence-electron chi connectivity index (χ3n) is 5.56. The molecule has 1 aliphatic rings. The Morgan fingerprint density at radius 1 is 1.03 bits per heavy atom. The smallest absolute Gasteiger partial charge is 0.256 e. The van der Waals surface area contributed by atoms with Crippen molar-refractivity contribution in [2.75, 3.05) is 26.2 Å². The third-order valence-corrected chi connectivity index (χ3v) is 5.56. The molecular weight excluding hydrogens is 374 g/mol. The Labute approximate surface area is 173 Å². The van der Waals surface area contributed by atoms with Crippen molar-refractivity contribution in [3.63, 3.8) is 0 Å². The fraction of sp³-hybridized carbons (Fsp3) is 0.652. The Balaban J connectivity index is 1.96. The van der Waals surface area contributed by atoms with Crippen molar-refractivity contribution in [3.05, 3.63) is 35.4 Å². The highest BCUT2D eigenvalue weighted by atomic mass is 19.1. The molecular formula is C23H34F2N2O2. The maximum atomic E-state index is 13.9. The van der Waals surface area contributed by atoms with Gasteiger partial charge in [0.1, 0.15) is 11.6 Å². The molecule has 1 heterocycles. The molecule has 0 radical (unpaired) electrons. The molecule has 2 rings (SSSR count). The number of benzene rings is 1. The molecule has 162 valence electrons. The van der Waals surface area contributed by atoms with Crippen LogP contribution in [0.4, 0.5) is 8.78 Å². The fourth-order valence-electron chi connectivity index (χ4n) is 3.58. The number of carbonyl (C=O) groups is 2. The quantitative estimate of drug-likeness (QED) is 0.623. The molecule has 0 unspecified atom stereocenters. The molecule has 1 aromatic rings. The zero-order valence-electron chi connectivity index (χ0n) is 18.1. The fourth-order valence-corrected chi connectivity index (χ4v) is 3.58. The van der Waals surface area contributed by atoms with E-state index in [9.17, 15) is 18.4 Å². The van der Waals surface area contributed by atoms with Crippen LogP contribution in [0.15, 0.2) is 18.2 Å². The number of amides is 2. The summed E-state index contributed by atoms with van der Waals surface area (Å²) in [7, 11) is 0. The van der Waals surface area contributed by atoms with Crippen LogP contribution in [0.25, 0.3) is 0 Å². The summed E-state index contributed by atoms with van der Waals surface area (Å²) >= 11 is 0. The van der Waals surface area contributed by atoms with Crippen LogP contribution in [0.5, 0.6) is 0 Å². The van der Waals surface area contributed by atoms with E-state index in [1.165, 1.54) is 6.07 Å². The average Bonchev–Trinajstić information content (AvgIpc) is 2.67. The molecule has 0 N–H and O–H groups in total. The van der Waals surface area contributed by atoms with E-state index in [0.29, 0.717) is 37.8 Å². The summed E-state index contributed by atoms with van der Waals surface area (Å²) in [6.07, 6.45) is 3.11. The second kappa shape index (κ2) is 10.7. The van der Waals surface area contributed by atoms with Gasteiger partial charge in [0.25, 0.3) is 5.91 Å². The van der Waals surface area contributed by atoms with Gasteiger partial charge >= 0.3 is 0 Å². The lowest BCUT2D eigenvalue weighted by molar-refractivity contribution is -0.137. The lowest BCUT2D eigenvalue weighted by Gasteiger charge is -2.35. The Hall–Kier alpha value is -1.98. The van der Waals surface area contributed by atoms with Crippen molar-refractivity contribution in [1.82, 2.24) is 9.80 Å². The lowest BCUT2D eigenvalue weighted by atomic mass is 9.94. The molecule has 4 nitrogen and oxygen atoms in total. The predicted molar refractivity (Wildman–Crippen MR) is 110 cm³/mol. The molecule has 0 aromatic heterocycles. The first-order chi connectivity index (χ1) is 13.7. The van der Waals surface area contributed by atoms with Crippen LogP contribution in [0, 0.1) is 29.4 Å². The molecule has 2 amide bonds. The van der Waals surface area contributed by atoms with Gasteiger partial charge in [-0.3, -0.25) is 9.59 Å². The standard InChI is InChI=1S/C23H34F2N2O2/c1-16(2)7-11-26(12-8-17(3)4)22(28)18-9-13-27(14-10-18)23(29)20-6-5-19(24)15-21(20)25/h5-6,15-18H,7-14H2,1-4H3. The summed E-state index contributed by atoms with van der Waals surface area (Å²) in [5, 5.41) is 0. The lowest BCUT2D eigenvalue weighted by Crippen LogP contribution is -2.45. The summed E-state index contributed by atoms with van der Waals surface area (Å²) in [6.45, 7) is 11.0. The van der Waals surface area contributed by atoms with E-state index in [2.05, 4.69) is 27.7 Å². The van der Waals surface area contributed by atoms with E-state index >= 15 is 0 Å². The van der Waals surface area contributed by atoms with Gasteiger partial charge in [-0.1, -0.05) is 27.7 Å². The summed E-state index contributed by atoms with van der Waals surface area (Å²) in [5.41, 5.74) is -0.119. The minimum Gasteiger partial charge on any atom is -0.342 e. The summed E-state index contributed by atoms with van der Waals surface area (Å²) in [5.74, 6) is -0.843. The van der Waals surface area contributed by atoms with E-state index in [4.69, 9.17) is 0 Å². The minimum absolute atomic E-state index is 0.101. The van der Waals surface area contributed by atoms with E-state index in [-0.39, 0.29) is 17.4 Å². The molecule has 6 heteroatoms. The van der Waals surface area contributed by atoms with Crippen molar-refractivity contribution in [2.45, 2.75) is 53.4 Å². The average molecular weight is 409 g/mol. The van der Waals surface area contributed by atoms with Gasteiger partial charge in [-0.2, -0.15) is 0 Å². The number of piperidine rings is 1. The molecule has 1 fully saturated rings. The largest absolute Gasteiger partial charge is 0.342 e. The highest BCUT2D eigenvalue weighted by molar-refractivity contribution is 5.94. The van der Waals surface area contributed by atoms with E-state index in [1.807, 2.05) is 4.90 Å². The molecule has 1 aliphatic heterocycles. The Morgan fingerprint density at radius 2 is 1.59 bits per heavy atom. The van der Waals surface area contributed by atoms with Crippen molar-refractivity contribution < 1.29 is 18.4 Å². The SMILES string of the molecule is CC(C)CCN(CCC(C)C)C(=O)C1CCN(C(=O)c2ccc(F)cc2F)CC1. The normalized spacial score (nSPS) is 15.2. The maximum Gasteiger partial charge on any atom is 0.256 e. The maximum absolute atomic E-state index is 13.9. The molecule has 0 atom stereocenters. The number of rotatable bonds is 8. The number of carbonyl (C=O) groups excluding carboxylic acids is 2. The van der Waals surface area contributed by atoms with Gasteiger partial charge < -0.3 is 9.80 Å². The zero-order valence-corrected chi connectivity index (χ0v) is 18.1. The van der Waals surface area contributed by atoms with Crippen molar-refractivity contribution in [2.24, 2.45) is 17.8 Å². The second-order valence-electron chi connectivity index (χ2n) is 8.88. The summed E-state index contributed by atoms with van der Waals surface area (Å²) in [6, 6.07) is 3.00. The topological polar surface area (TPSA) is 40.6 Å². The van der Waals surface area contributed by atoms with Crippen LogP contribution in [-0.2, 0) is 4.79 Å². The van der Waals surface area contributed by atoms with E-state index < -0.39 is 17.5 Å². The number of nitrogens with zero attached hydrogens (tertiary/aromatic N) is 2. The summed E-state index contributed by atoms with van der Waals surface area (Å²) < 4.78 is 27.0. The van der Waals surface area contributed by atoms with Gasteiger partial charge in [0.15, 0.2) is 0 Å². The molecule has 0 bridgehead atoms. The first-order valence-electron chi connectivity index (χ1n) is 10.7. The van der Waals surface area contributed by atoms with Crippen LogP contribution in [0.1, 0.15) is 63.7 Å². The monoisotopic (exact) mass is 408 g/mol. The third kappa shape index (κ3) is 6.79. The molecule has 29 heavy (non-hydrogen) atoms. The predicted octanol–water partition coefficient (Wildman–Crippen LogP) is 4.74. The van der Waals surface area contributed by atoms with Crippen LogP contribution < -0.4 is 0 Å². The van der Waals surface area contributed by atoms with Gasteiger partial charge in [0.2, 0.25) is 5.91 Å². The Bertz CT molecular complexity index is 686. The van der Waals surface area contributed by atoms with Gasteiger partial charge in [0, 0.05) is 38.2 Å². The number of hydrogen-bond acceptors (Lipinski definition) is 2. The van der Waals surface area contributed by atoms with E-state index in [0.717, 1.165) is 38.1 Å². The van der Waals surface area contributed by atoms with Crippen molar-refractivity contribution in [1.29, 1.82) is 0 Å². The van der Waals surface area contributed by atoms with Crippen LogP contribution in [0.2, 0.25) is 0 Å². The van der Waals surface area contributed by atoms with Crippen LogP contribution in [0.3, 0.4) is 0 Å². The van der Waals surface area contributed by atoms with Gasteiger partial charge in [-0.25, -0.2) is 8.78 Å². The van der Waals surface area contributed by atoms with Gasteiger partial charge in [0.05, 0.1) is 5.56 Å². The van der Waals surface area contributed by atoms with Crippen molar-refractivity contribution in [3.8, 4) is 0 Å². The first kappa shape index (κ1) is 23.3. The van der Waals surface area contributed by atoms with Crippen molar-refractivity contribution >= 4 is 11.8 Å². The minimum atomic E-state index is -0.846. The van der Waals surface area contributed by atoms with E-state index in [1.54, 1.807) is 4.90 Å².